The van der Waals surface area contributed by atoms with Gasteiger partial charge in [-0.1, -0.05) is 18.2 Å². The molecule has 0 N–H and O–H groups in total. The van der Waals surface area contributed by atoms with Gasteiger partial charge in [0.1, 0.15) is 5.52 Å². The second-order valence-corrected chi connectivity index (χ2v) is 7.63. The molecular weight excluding hydrogens is 371 g/mol. The fourth-order valence-electron chi connectivity index (χ4n) is 2.21. The molecule has 0 saturated carbocycles. The van der Waals surface area contributed by atoms with Crippen LogP contribution in [0.3, 0.4) is 0 Å². The molecule has 1 aromatic heterocycles. The smallest absolute Gasteiger partial charge is 0.372 e. The summed E-state index contributed by atoms with van der Waals surface area (Å²) in [5, 5.41) is -0.513. The molecule has 0 aliphatic heterocycles. The number of fused-ring (bicyclic) bond motifs is 1. The number of hydrogen-bond donors (Lipinski definition) is 0. The maximum atomic E-state index is 13.0. The zero-order chi connectivity index (χ0) is 19.1. The van der Waals surface area contributed by atoms with Crippen molar-refractivity contribution in [2.24, 2.45) is 0 Å². The predicted molar refractivity (Wildman–Crippen MR) is 88.1 cm³/mol. The van der Waals surface area contributed by atoms with Gasteiger partial charge in [0.25, 0.3) is 15.2 Å². The maximum Gasteiger partial charge on any atom is 0.416 e. The number of para-hydroxylation sites is 1. The van der Waals surface area contributed by atoms with E-state index >= 15 is 0 Å². The van der Waals surface area contributed by atoms with Gasteiger partial charge in [-0.05, 0) is 30.3 Å². The van der Waals surface area contributed by atoms with Gasteiger partial charge in [0.15, 0.2) is 5.75 Å². The molecule has 2 aromatic carbocycles. The zero-order valence-corrected chi connectivity index (χ0v) is 14.5. The molecular formula is C16H14F3N3O3S. The lowest BCUT2D eigenvalue weighted by molar-refractivity contribution is -0.137. The Bertz CT molecular complexity index is 1050. The van der Waals surface area contributed by atoms with Gasteiger partial charge in [-0.25, -0.2) is 17.7 Å². The highest BCUT2D eigenvalue weighted by Crippen LogP contribution is 2.32. The van der Waals surface area contributed by atoms with Crippen LogP contribution in [-0.4, -0.2) is 36.5 Å². The number of halogens is 3. The van der Waals surface area contributed by atoms with Crippen LogP contribution in [0.4, 0.5) is 13.2 Å². The molecule has 0 aliphatic carbocycles. The third-order valence-corrected chi connectivity index (χ3v) is 5.24. The van der Waals surface area contributed by atoms with Crippen LogP contribution in [0.5, 0.6) is 5.75 Å². The van der Waals surface area contributed by atoms with E-state index in [1.54, 1.807) is 30.3 Å². The number of hydrogen-bond acceptors (Lipinski definition) is 4. The van der Waals surface area contributed by atoms with E-state index in [1.807, 2.05) is 0 Å². The van der Waals surface area contributed by atoms with E-state index in [0.717, 1.165) is 27.2 Å². The summed E-state index contributed by atoms with van der Waals surface area (Å²) < 4.78 is 65.9. The molecule has 138 valence electrons. The molecule has 0 fully saturated rings. The SMILES string of the molecule is CN(C)S(=O)(=O)c1nc2ccc(C(F)(F)F)cc2n1Oc1ccccc1. The van der Waals surface area contributed by atoms with Crippen LogP contribution in [0.1, 0.15) is 5.56 Å². The molecule has 0 saturated heterocycles. The molecule has 3 aromatic rings. The fraction of sp³-hybridized carbons (Fsp3) is 0.188. The fourth-order valence-corrected chi connectivity index (χ4v) is 3.09. The maximum absolute atomic E-state index is 13.0. The molecule has 1 heterocycles. The van der Waals surface area contributed by atoms with E-state index in [4.69, 9.17) is 4.84 Å². The number of aromatic nitrogens is 2. The molecule has 3 rings (SSSR count). The van der Waals surface area contributed by atoms with Crippen molar-refractivity contribution >= 4 is 21.1 Å². The van der Waals surface area contributed by atoms with Gasteiger partial charge >= 0.3 is 6.18 Å². The van der Waals surface area contributed by atoms with E-state index in [1.165, 1.54) is 14.1 Å². The van der Waals surface area contributed by atoms with Crippen molar-refractivity contribution < 1.29 is 26.4 Å². The Morgan fingerprint density at radius 1 is 1.08 bits per heavy atom. The average molecular weight is 385 g/mol. The molecule has 0 bridgehead atoms. The molecule has 0 aliphatic rings. The second-order valence-electron chi connectivity index (χ2n) is 5.58. The van der Waals surface area contributed by atoms with Crippen LogP contribution in [0.2, 0.25) is 0 Å². The van der Waals surface area contributed by atoms with Crippen LogP contribution in [0.15, 0.2) is 53.7 Å². The summed E-state index contributed by atoms with van der Waals surface area (Å²) in [5.74, 6) is 0.249. The lowest BCUT2D eigenvalue weighted by Gasteiger charge is -2.14. The van der Waals surface area contributed by atoms with Gasteiger partial charge < -0.3 is 4.84 Å². The summed E-state index contributed by atoms with van der Waals surface area (Å²) in [6.07, 6.45) is -4.59. The minimum Gasteiger partial charge on any atom is -0.372 e. The number of nitrogens with zero attached hydrogens (tertiary/aromatic N) is 3. The van der Waals surface area contributed by atoms with E-state index in [0.29, 0.717) is 0 Å². The van der Waals surface area contributed by atoms with E-state index in [-0.39, 0.29) is 16.8 Å². The molecule has 0 unspecified atom stereocenters. The van der Waals surface area contributed by atoms with Crippen LogP contribution in [0.25, 0.3) is 11.0 Å². The van der Waals surface area contributed by atoms with Gasteiger partial charge in [0, 0.05) is 14.1 Å². The quantitative estimate of drug-likeness (QED) is 0.692. The Balaban J connectivity index is 2.28. The van der Waals surface area contributed by atoms with Crippen LogP contribution in [-0.2, 0) is 16.2 Å². The third-order valence-electron chi connectivity index (χ3n) is 3.56. The van der Waals surface area contributed by atoms with Gasteiger partial charge in [-0.3, -0.25) is 0 Å². The Kier molecular flexibility index (Phi) is 4.41. The van der Waals surface area contributed by atoms with E-state index < -0.39 is 26.9 Å². The largest absolute Gasteiger partial charge is 0.416 e. The summed E-state index contributed by atoms with van der Waals surface area (Å²) in [6, 6.07) is 10.9. The molecule has 0 atom stereocenters. The number of rotatable bonds is 4. The zero-order valence-electron chi connectivity index (χ0n) is 13.7. The first-order chi connectivity index (χ1) is 12.1. The van der Waals surface area contributed by atoms with Crippen molar-refractivity contribution in [3.8, 4) is 5.75 Å². The van der Waals surface area contributed by atoms with Crippen molar-refractivity contribution in [1.29, 1.82) is 0 Å². The predicted octanol–water partition coefficient (Wildman–Crippen LogP) is 3.15. The minimum atomic E-state index is -4.59. The number of alkyl halides is 3. The number of benzene rings is 2. The number of sulfonamides is 1. The lowest BCUT2D eigenvalue weighted by atomic mass is 10.2. The first-order valence-corrected chi connectivity index (χ1v) is 8.80. The highest BCUT2D eigenvalue weighted by Gasteiger charge is 2.33. The van der Waals surface area contributed by atoms with Crippen LogP contribution < -0.4 is 4.84 Å². The first kappa shape index (κ1) is 18.2. The van der Waals surface area contributed by atoms with Gasteiger partial charge in [0.05, 0.1) is 11.1 Å². The van der Waals surface area contributed by atoms with Gasteiger partial charge in [0.2, 0.25) is 0 Å². The molecule has 0 radical (unpaired) electrons. The third kappa shape index (κ3) is 3.25. The van der Waals surface area contributed by atoms with Crippen molar-refractivity contribution in [2.45, 2.75) is 11.3 Å². The first-order valence-electron chi connectivity index (χ1n) is 7.36. The van der Waals surface area contributed by atoms with E-state index in [2.05, 4.69) is 4.98 Å². The average Bonchev–Trinajstić information content (AvgIpc) is 2.93. The molecule has 0 spiro atoms. The molecule has 0 amide bonds. The van der Waals surface area contributed by atoms with Crippen molar-refractivity contribution in [3.63, 3.8) is 0 Å². The summed E-state index contributed by atoms with van der Waals surface area (Å²) in [4.78, 5) is 9.51. The van der Waals surface area contributed by atoms with Crippen molar-refractivity contribution in [1.82, 2.24) is 14.0 Å². The summed E-state index contributed by atoms with van der Waals surface area (Å²) in [5.41, 5.74) is -0.977. The van der Waals surface area contributed by atoms with Crippen LogP contribution >= 0.6 is 0 Å². The lowest BCUT2D eigenvalue weighted by Crippen LogP contribution is -2.26. The van der Waals surface area contributed by atoms with Gasteiger partial charge in [-0.2, -0.15) is 13.2 Å². The summed E-state index contributed by atoms with van der Waals surface area (Å²) >= 11 is 0. The minimum absolute atomic E-state index is 0.0642. The Hall–Kier alpha value is -2.59. The van der Waals surface area contributed by atoms with Crippen molar-refractivity contribution in [2.75, 3.05) is 14.1 Å². The second kappa shape index (κ2) is 6.29. The number of imidazole rings is 1. The summed E-state index contributed by atoms with van der Waals surface area (Å²) in [6.45, 7) is 0. The molecule has 10 heteroatoms. The van der Waals surface area contributed by atoms with Crippen LogP contribution in [0, 0.1) is 0 Å². The topological polar surface area (TPSA) is 64.4 Å². The van der Waals surface area contributed by atoms with Crippen molar-refractivity contribution in [3.05, 3.63) is 54.1 Å². The normalized spacial score (nSPS) is 12.7. The Morgan fingerprint density at radius 3 is 2.31 bits per heavy atom. The Labute approximate surface area is 147 Å². The molecule has 26 heavy (non-hydrogen) atoms. The van der Waals surface area contributed by atoms with E-state index in [9.17, 15) is 21.6 Å². The Morgan fingerprint density at radius 2 is 1.73 bits per heavy atom. The molecule has 6 nitrogen and oxygen atoms in total. The monoisotopic (exact) mass is 385 g/mol. The summed E-state index contributed by atoms with van der Waals surface area (Å²) in [7, 11) is -1.47. The highest BCUT2D eigenvalue weighted by molar-refractivity contribution is 7.88. The highest BCUT2D eigenvalue weighted by atomic mass is 32.2. The van der Waals surface area contributed by atoms with Gasteiger partial charge in [-0.15, -0.1) is 4.73 Å². The standard InChI is InChI=1S/C16H14F3N3O3S/c1-21(2)26(23,24)15-20-13-9-8-11(16(17,18)19)10-14(13)22(15)25-12-6-4-3-5-7-12/h3-10H,1-2H3.